The number of hydrogen-bond donors (Lipinski definition) is 0. The van der Waals surface area contributed by atoms with Gasteiger partial charge >= 0.3 is 0 Å². The number of rotatable bonds is 5. The number of nitrogens with zero attached hydrogens (tertiary/aromatic N) is 2. The average molecular weight is 835 g/mol. The molecule has 9 aromatic carbocycles. The summed E-state index contributed by atoms with van der Waals surface area (Å²) in [5.74, 6) is 0. The van der Waals surface area contributed by atoms with Crippen LogP contribution in [0.25, 0.3) is 72.0 Å². The third-order valence-electron chi connectivity index (χ3n) is 15.6. The number of anilines is 3. The maximum absolute atomic E-state index is 2.55. The van der Waals surface area contributed by atoms with Crippen LogP contribution in [-0.2, 0) is 16.2 Å². The van der Waals surface area contributed by atoms with Gasteiger partial charge in [-0.05, 0) is 127 Å². The number of aromatic nitrogens is 1. The molecule has 13 rings (SSSR count). The van der Waals surface area contributed by atoms with Crippen molar-refractivity contribution in [3.63, 3.8) is 0 Å². The lowest BCUT2D eigenvalue weighted by Crippen LogP contribution is -2.17. The minimum absolute atomic E-state index is 0.0856. The van der Waals surface area contributed by atoms with Gasteiger partial charge in [0.05, 0.1) is 22.4 Å². The highest BCUT2D eigenvalue weighted by Gasteiger charge is 2.41. The predicted octanol–water partition coefficient (Wildman–Crippen LogP) is 16.8. The predicted molar refractivity (Wildman–Crippen MR) is 274 cm³/mol. The van der Waals surface area contributed by atoms with E-state index in [2.05, 4.69) is 245 Å². The van der Waals surface area contributed by atoms with Gasteiger partial charge in [0.15, 0.2) is 0 Å². The van der Waals surface area contributed by atoms with E-state index in [0.717, 1.165) is 5.69 Å². The van der Waals surface area contributed by atoms with Crippen molar-refractivity contribution >= 4 is 38.9 Å². The van der Waals surface area contributed by atoms with Gasteiger partial charge < -0.3 is 9.47 Å². The standard InChI is InChI=1S/C63H50N2/c1-61(2)50-24-14-11-21-44(50)59-52(61)26-16-28-56(59)65(57-29-17-27-53-60(57)45-22-12-15-25-51(45)62(53,3)4)42-33-30-39(31-34-42)40-32-35-55-47(36-40)48-37-46-43-20-10-13-23-49(43)63(5,6)54(46)38-58(48)64(55)41-18-8-7-9-19-41/h7-38H,1-6H3. The number of benzene rings is 9. The van der Waals surface area contributed by atoms with Crippen molar-refractivity contribution in [1.29, 1.82) is 0 Å². The summed E-state index contributed by atoms with van der Waals surface area (Å²) in [6.07, 6.45) is 0. The zero-order valence-electron chi connectivity index (χ0n) is 37.9. The maximum atomic E-state index is 2.55. The van der Waals surface area contributed by atoms with E-state index in [1.54, 1.807) is 0 Å². The Balaban J connectivity index is 1.00. The Kier molecular flexibility index (Phi) is 7.80. The van der Waals surface area contributed by atoms with Crippen molar-refractivity contribution < 1.29 is 0 Å². The molecule has 2 heteroatoms. The average Bonchev–Trinajstić information content (AvgIpc) is 3.95. The van der Waals surface area contributed by atoms with Crippen molar-refractivity contribution in [3.8, 4) is 50.2 Å². The molecule has 2 nitrogen and oxygen atoms in total. The first-order valence-electron chi connectivity index (χ1n) is 23.2. The largest absolute Gasteiger partial charge is 0.309 e. The second kappa shape index (κ2) is 13.3. The number of hydrogen-bond acceptors (Lipinski definition) is 1. The minimum atomic E-state index is -0.118. The summed E-state index contributed by atoms with van der Waals surface area (Å²) >= 11 is 0. The van der Waals surface area contributed by atoms with Gasteiger partial charge in [-0.25, -0.2) is 0 Å². The monoisotopic (exact) mass is 834 g/mol. The molecule has 1 heterocycles. The Bertz CT molecular complexity index is 3510. The fourth-order valence-corrected chi connectivity index (χ4v) is 12.3. The molecular formula is C63H50N2. The molecule has 0 N–H and O–H groups in total. The second-order valence-corrected chi connectivity index (χ2v) is 20.1. The van der Waals surface area contributed by atoms with Crippen LogP contribution in [-0.4, -0.2) is 4.57 Å². The van der Waals surface area contributed by atoms with E-state index in [1.165, 1.54) is 117 Å². The lowest BCUT2D eigenvalue weighted by Gasteiger charge is -2.31. The van der Waals surface area contributed by atoms with Crippen molar-refractivity contribution in [3.05, 3.63) is 228 Å². The summed E-state index contributed by atoms with van der Waals surface area (Å²) in [5.41, 5.74) is 25.5. The molecule has 0 spiro atoms. The van der Waals surface area contributed by atoms with E-state index < -0.39 is 0 Å². The fraction of sp³-hybridized carbons (Fsp3) is 0.143. The van der Waals surface area contributed by atoms with Crippen LogP contribution in [0.5, 0.6) is 0 Å². The summed E-state index contributed by atoms with van der Waals surface area (Å²) in [4.78, 5) is 2.55. The zero-order chi connectivity index (χ0) is 44.0. The molecule has 0 saturated heterocycles. The van der Waals surface area contributed by atoms with Crippen molar-refractivity contribution in [2.75, 3.05) is 4.90 Å². The van der Waals surface area contributed by atoms with E-state index in [-0.39, 0.29) is 16.2 Å². The highest BCUT2D eigenvalue weighted by Crippen LogP contribution is 2.58. The van der Waals surface area contributed by atoms with Gasteiger partial charge in [-0.1, -0.05) is 175 Å². The Labute approximate surface area is 382 Å². The normalized spacial score (nSPS) is 15.3. The first kappa shape index (κ1) is 38.1. The molecular weight excluding hydrogens is 785 g/mol. The van der Waals surface area contributed by atoms with E-state index in [9.17, 15) is 0 Å². The third-order valence-corrected chi connectivity index (χ3v) is 15.6. The molecule has 0 aliphatic heterocycles. The summed E-state index contributed by atoms with van der Waals surface area (Å²) in [7, 11) is 0. The van der Waals surface area contributed by atoms with Gasteiger partial charge in [-0.2, -0.15) is 0 Å². The van der Waals surface area contributed by atoms with Crippen LogP contribution in [0.15, 0.2) is 194 Å². The molecule has 10 aromatic rings. The van der Waals surface area contributed by atoms with Gasteiger partial charge in [-0.3, -0.25) is 0 Å². The van der Waals surface area contributed by atoms with Crippen molar-refractivity contribution in [2.45, 2.75) is 57.8 Å². The van der Waals surface area contributed by atoms with Crippen LogP contribution in [0.2, 0.25) is 0 Å². The van der Waals surface area contributed by atoms with Crippen molar-refractivity contribution in [1.82, 2.24) is 4.57 Å². The van der Waals surface area contributed by atoms with E-state index in [4.69, 9.17) is 0 Å². The Morgan fingerprint density at radius 3 is 1.42 bits per heavy atom. The maximum Gasteiger partial charge on any atom is 0.0544 e. The minimum Gasteiger partial charge on any atom is -0.309 e. The first-order chi connectivity index (χ1) is 31.5. The quantitative estimate of drug-likeness (QED) is 0.168. The van der Waals surface area contributed by atoms with Crippen LogP contribution in [0, 0.1) is 0 Å². The highest BCUT2D eigenvalue weighted by atomic mass is 15.1. The number of para-hydroxylation sites is 1. The molecule has 0 amide bonds. The smallest absolute Gasteiger partial charge is 0.0544 e. The molecule has 3 aliphatic carbocycles. The molecule has 0 radical (unpaired) electrons. The van der Waals surface area contributed by atoms with Crippen LogP contribution < -0.4 is 4.90 Å². The topological polar surface area (TPSA) is 8.17 Å². The molecule has 0 bridgehead atoms. The highest BCUT2D eigenvalue weighted by molar-refractivity contribution is 6.13. The SMILES string of the molecule is CC1(C)c2ccccc2-c2cc3c4cc(-c5ccc(N(c6cccc7c6-c6ccccc6C7(C)C)c6cccc7c6-c6ccccc6C7(C)C)cc5)ccc4n(-c4ccccc4)c3cc21. The van der Waals surface area contributed by atoms with Gasteiger partial charge in [0, 0.05) is 49.5 Å². The van der Waals surface area contributed by atoms with Gasteiger partial charge in [0.2, 0.25) is 0 Å². The van der Waals surface area contributed by atoms with Gasteiger partial charge in [0.25, 0.3) is 0 Å². The lowest BCUT2D eigenvalue weighted by atomic mass is 9.82. The third kappa shape index (κ3) is 5.17. The molecule has 0 fully saturated rings. The van der Waals surface area contributed by atoms with E-state index in [0.29, 0.717) is 0 Å². The summed E-state index contributed by atoms with van der Waals surface area (Å²) in [5, 5.41) is 2.54. The summed E-state index contributed by atoms with van der Waals surface area (Å²) in [6.45, 7) is 14.2. The molecule has 0 unspecified atom stereocenters. The Hall–Kier alpha value is -7.42. The molecule has 65 heavy (non-hydrogen) atoms. The molecule has 3 aliphatic rings. The van der Waals surface area contributed by atoms with Crippen LogP contribution in [0.1, 0.15) is 74.9 Å². The van der Waals surface area contributed by atoms with Gasteiger partial charge in [-0.15, -0.1) is 0 Å². The zero-order valence-corrected chi connectivity index (χ0v) is 37.9. The van der Waals surface area contributed by atoms with Crippen LogP contribution in [0.4, 0.5) is 17.1 Å². The number of fused-ring (bicyclic) bond motifs is 12. The van der Waals surface area contributed by atoms with Crippen molar-refractivity contribution in [2.24, 2.45) is 0 Å². The van der Waals surface area contributed by atoms with Gasteiger partial charge in [0.1, 0.15) is 0 Å². The molecule has 0 saturated carbocycles. The molecule has 1 aromatic heterocycles. The Morgan fingerprint density at radius 2 is 0.815 bits per heavy atom. The Morgan fingerprint density at radius 1 is 0.338 bits per heavy atom. The van der Waals surface area contributed by atoms with E-state index in [1.807, 2.05) is 0 Å². The van der Waals surface area contributed by atoms with Crippen LogP contribution >= 0.6 is 0 Å². The lowest BCUT2D eigenvalue weighted by molar-refractivity contribution is 0.660. The summed E-state index contributed by atoms with van der Waals surface area (Å²) in [6, 6.07) is 73.1. The fourth-order valence-electron chi connectivity index (χ4n) is 12.3. The first-order valence-corrected chi connectivity index (χ1v) is 23.2. The van der Waals surface area contributed by atoms with E-state index >= 15 is 0 Å². The molecule has 312 valence electrons. The molecule has 0 atom stereocenters. The second-order valence-electron chi connectivity index (χ2n) is 20.1. The van der Waals surface area contributed by atoms with Crippen LogP contribution in [0.3, 0.4) is 0 Å². The summed E-state index contributed by atoms with van der Waals surface area (Å²) < 4.78 is 2.46.